The zero-order valence-electron chi connectivity index (χ0n) is 17.5. The standard InChI is InChI=1S/C26H20ClNO3S/c1-17(2)26(16-28,23-15-32-24-12-11-18(27)13-22(23)24)25(29)31-21-10-6-9-20(14-21)30-19-7-4-3-5-8-19/h3-15,17H,1-2H3. The van der Waals surface area contributed by atoms with Crippen LogP contribution in [0.2, 0.25) is 5.02 Å². The van der Waals surface area contributed by atoms with Gasteiger partial charge in [0.25, 0.3) is 0 Å². The van der Waals surface area contributed by atoms with Crippen molar-refractivity contribution in [1.29, 1.82) is 5.26 Å². The van der Waals surface area contributed by atoms with E-state index in [1.165, 1.54) is 11.3 Å². The van der Waals surface area contributed by atoms with Gasteiger partial charge < -0.3 is 9.47 Å². The zero-order valence-corrected chi connectivity index (χ0v) is 19.1. The smallest absolute Gasteiger partial charge is 0.336 e. The van der Waals surface area contributed by atoms with Crippen LogP contribution in [-0.4, -0.2) is 5.97 Å². The molecule has 0 aliphatic carbocycles. The topological polar surface area (TPSA) is 59.3 Å². The van der Waals surface area contributed by atoms with Gasteiger partial charge >= 0.3 is 5.97 Å². The molecule has 4 rings (SSSR count). The van der Waals surface area contributed by atoms with E-state index in [-0.39, 0.29) is 5.92 Å². The fourth-order valence-corrected chi connectivity index (χ4v) is 4.78. The number of hydrogen-bond acceptors (Lipinski definition) is 5. The minimum atomic E-state index is -1.49. The molecule has 0 bridgehead atoms. The van der Waals surface area contributed by atoms with E-state index in [1.807, 2.05) is 55.6 Å². The van der Waals surface area contributed by atoms with E-state index in [1.54, 1.807) is 36.4 Å². The molecule has 4 aromatic rings. The van der Waals surface area contributed by atoms with Crippen LogP contribution in [0.1, 0.15) is 19.4 Å². The predicted molar refractivity (Wildman–Crippen MR) is 128 cm³/mol. The molecular formula is C26H20ClNO3S. The number of carbonyl (C=O) groups excluding carboxylic acids is 1. The van der Waals surface area contributed by atoms with Crippen LogP contribution in [0.5, 0.6) is 17.2 Å². The number of thiophene rings is 1. The number of benzene rings is 3. The van der Waals surface area contributed by atoms with Crippen molar-refractivity contribution in [2.45, 2.75) is 19.3 Å². The Morgan fingerprint density at radius 3 is 2.44 bits per heavy atom. The first-order chi connectivity index (χ1) is 15.4. The summed E-state index contributed by atoms with van der Waals surface area (Å²) in [6.45, 7) is 3.68. The molecule has 0 radical (unpaired) electrons. The fourth-order valence-electron chi connectivity index (χ4n) is 3.61. The summed E-state index contributed by atoms with van der Waals surface area (Å²) in [5.41, 5.74) is -0.877. The Morgan fingerprint density at radius 2 is 1.72 bits per heavy atom. The first-order valence-corrected chi connectivity index (χ1v) is 11.3. The highest BCUT2D eigenvalue weighted by Gasteiger charge is 2.47. The summed E-state index contributed by atoms with van der Waals surface area (Å²) in [4.78, 5) is 13.5. The zero-order chi connectivity index (χ0) is 22.7. The normalized spacial score (nSPS) is 12.8. The van der Waals surface area contributed by atoms with E-state index in [4.69, 9.17) is 21.1 Å². The van der Waals surface area contributed by atoms with Crippen molar-refractivity contribution in [3.63, 3.8) is 0 Å². The predicted octanol–water partition coefficient (Wildman–Crippen LogP) is 7.37. The van der Waals surface area contributed by atoms with E-state index in [9.17, 15) is 10.1 Å². The Bertz CT molecular complexity index is 1310. The molecule has 0 saturated carbocycles. The molecule has 160 valence electrons. The highest BCUT2D eigenvalue weighted by atomic mass is 35.5. The maximum atomic E-state index is 13.5. The molecule has 32 heavy (non-hydrogen) atoms. The molecule has 0 spiro atoms. The maximum absolute atomic E-state index is 13.5. The Hall–Kier alpha value is -3.33. The Balaban J connectivity index is 1.68. The number of halogens is 1. The number of nitriles is 1. The number of hydrogen-bond donors (Lipinski definition) is 0. The summed E-state index contributed by atoms with van der Waals surface area (Å²) < 4.78 is 12.5. The Morgan fingerprint density at radius 1 is 1.00 bits per heavy atom. The number of carbonyl (C=O) groups is 1. The minimum absolute atomic E-state index is 0.307. The van der Waals surface area contributed by atoms with Gasteiger partial charge in [-0.15, -0.1) is 11.3 Å². The van der Waals surface area contributed by atoms with E-state index in [0.29, 0.717) is 27.8 Å². The average molecular weight is 462 g/mol. The van der Waals surface area contributed by atoms with Crippen LogP contribution >= 0.6 is 22.9 Å². The quantitative estimate of drug-likeness (QED) is 0.222. The molecule has 0 N–H and O–H groups in total. The highest BCUT2D eigenvalue weighted by molar-refractivity contribution is 7.17. The van der Waals surface area contributed by atoms with E-state index in [0.717, 1.165) is 10.1 Å². The molecule has 1 unspecified atom stereocenters. The fraction of sp³-hybridized carbons (Fsp3) is 0.154. The van der Waals surface area contributed by atoms with Crippen LogP contribution in [0.25, 0.3) is 10.1 Å². The third-order valence-corrected chi connectivity index (χ3v) is 6.52. The van der Waals surface area contributed by atoms with Crippen LogP contribution in [0, 0.1) is 17.2 Å². The van der Waals surface area contributed by atoms with Gasteiger partial charge in [0.1, 0.15) is 17.2 Å². The third kappa shape index (κ3) is 4.08. The van der Waals surface area contributed by atoms with Crippen molar-refractivity contribution in [2.75, 3.05) is 0 Å². The summed E-state index contributed by atoms with van der Waals surface area (Å²) in [6.07, 6.45) is 0. The average Bonchev–Trinajstić information content (AvgIpc) is 3.19. The van der Waals surface area contributed by atoms with Crippen molar-refractivity contribution >= 4 is 39.0 Å². The van der Waals surface area contributed by atoms with Crippen molar-refractivity contribution in [1.82, 2.24) is 0 Å². The van der Waals surface area contributed by atoms with Gasteiger partial charge in [-0.05, 0) is 59.1 Å². The molecule has 1 aromatic heterocycles. The molecular weight excluding hydrogens is 442 g/mol. The summed E-state index contributed by atoms with van der Waals surface area (Å²) in [6, 6.07) is 23.9. The number of nitrogens with zero attached hydrogens (tertiary/aromatic N) is 1. The van der Waals surface area contributed by atoms with Crippen LogP contribution in [0.4, 0.5) is 0 Å². The summed E-state index contributed by atoms with van der Waals surface area (Å²) >= 11 is 7.68. The molecule has 0 amide bonds. The maximum Gasteiger partial charge on any atom is 0.336 e. The molecule has 0 aliphatic rings. The number of esters is 1. The Kier molecular flexibility index (Phi) is 6.18. The van der Waals surface area contributed by atoms with Crippen molar-refractivity contribution in [3.8, 4) is 23.3 Å². The van der Waals surface area contributed by atoms with Crippen LogP contribution < -0.4 is 9.47 Å². The molecule has 0 fully saturated rings. The lowest BCUT2D eigenvalue weighted by atomic mass is 9.72. The molecule has 0 saturated heterocycles. The van der Waals surface area contributed by atoms with Gasteiger partial charge in [-0.1, -0.05) is 49.7 Å². The van der Waals surface area contributed by atoms with Gasteiger partial charge in [0.2, 0.25) is 0 Å². The number of rotatable bonds is 6. The lowest BCUT2D eigenvalue weighted by Crippen LogP contribution is -2.42. The van der Waals surface area contributed by atoms with Gasteiger partial charge in [0, 0.05) is 21.4 Å². The highest BCUT2D eigenvalue weighted by Crippen LogP contribution is 2.42. The number of para-hydroxylation sites is 1. The van der Waals surface area contributed by atoms with E-state index in [2.05, 4.69) is 6.07 Å². The summed E-state index contributed by atoms with van der Waals surface area (Å²) in [7, 11) is 0. The van der Waals surface area contributed by atoms with Crippen LogP contribution in [0.3, 0.4) is 0 Å². The first kappa shape index (κ1) is 21.9. The van der Waals surface area contributed by atoms with Crippen molar-refractivity contribution in [3.05, 3.63) is 88.8 Å². The van der Waals surface area contributed by atoms with Crippen LogP contribution in [-0.2, 0) is 10.2 Å². The Labute approximate surface area is 195 Å². The third-order valence-electron chi connectivity index (χ3n) is 5.32. The summed E-state index contributed by atoms with van der Waals surface area (Å²) in [5, 5.41) is 13.4. The molecule has 4 nitrogen and oxygen atoms in total. The second-order valence-corrected chi connectivity index (χ2v) is 8.99. The van der Waals surface area contributed by atoms with Crippen molar-refractivity contribution < 1.29 is 14.3 Å². The molecule has 1 atom stereocenters. The van der Waals surface area contributed by atoms with Gasteiger partial charge in [-0.25, -0.2) is 4.79 Å². The largest absolute Gasteiger partial charge is 0.457 e. The molecule has 0 aliphatic heterocycles. The van der Waals surface area contributed by atoms with Crippen LogP contribution in [0.15, 0.2) is 78.2 Å². The minimum Gasteiger partial charge on any atom is -0.457 e. The lowest BCUT2D eigenvalue weighted by Gasteiger charge is -2.28. The molecule has 1 heterocycles. The summed E-state index contributed by atoms with van der Waals surface area (Å²) in [5.74, 6) is 0.542. The van der Waals surface area contributed by atoms with Crippen molar-refractivity contribution in [2.24, 2.45) is 5.92 Å². The number of ether oxygens (including phenoxy) is 2. The van der Waals surface area contributed by atoms with E-state index < -0.39 is 11.4 Å². The van der Waals surface area contributed by atoms with Gasteiger partial charge in [-0.3, -0.25) is 0 Å². The lowest BCUT2D eigenvalue weighted by molar-refractivity contribution is -0.140. The molecule has 6 heteroatoms. The van der Waals surface area contributed by atoms with E-state index >= 15 is 0 Å². The van der Waals surface area contributed by atoms with Gasteiger partial charge in [0.05, 0.1) is 6.07 Å². The van der Waals surface area contributed by atoms with Gasteiger partial charge in [0.15, 0.2) is 5.41 Å². The number of fused-ring (bicyclic) bond motifs is 1. The SMILES string of the molecule is CC(C)C(C#N)(C(=O)Oc1cccc(Oc2ccccc2)c1)c1csc2ccc(Cl)cc12. The van der Waals surface area contributed by atoms with Gasteiger partial charge in [-0.2, -0.15) is 5.26 Å². The monoisotopic (exact) mass is 461 g/mol. The second-order valence-electron chi connectivity index (χ2n) is 7.64. The first-order valence-electron chi connectivity index (χ1n) is 10.1. The second kappa shape index (κ2) is 9.04. The molecule has 3 aromatic carbocycles.